The summed E-state index contributed by atoms with van der Waals surface area (Å²) in [5, 5.41) is 38.1. The topological polar surface area (TPSA) is 177 Å². The molecule has 0 spiro atoms. The van der Waals surface area contributed by atoms with Crippen molar-refractivity contribution in [2.45, 2.75) is 76.6 Å². The molecule has 3 aliphatic rings. The third-order valence-corrected chi connectivity index (χ3v) is 13.3. The molecule has 14 nitrogen and oxygen atoms in total. The van der Waals surface area contributed by atoms with Crippen molar-refractivity contribution in [1.29, 1.82) is 0 Å². The molecule has 9 rings (SSSR count). The highest BCUT2D eigenvalue weighted by Gasteiger charge is 2.43. The molecule has 7 heterocycles. The molecule has 0 bridgehead atoms. The molecule has 306 valence electrons. The summed E-state index contributed by atoms with van der Waals surface area (Å²) in [6.07, 6.45) is 1.36. The molecule has 0 aliphatic carbocycles. The standard InChI is InChI=1S/C44H49N9O5S/c1-25(2)40(44(57)53-23-32(54)18-36(53)43(56)45-20-27-8-10-28(11-9-27)41-26(3)46-24-59-41)38-19-39(50-58-38)51-14-12-31(13-15-51)52-21-30(22-52)34-16-29-17-35(48-49-42(29)47-34)33-6-4-5-7-37(33)55/h4-11,16-17,19,24-25,30-32,36,40,54-55H,12-15,18,20-23H2,1-3H3,(H,45,56)(H,47,49)/t32-,36+,40-/m1/s1. The van der Waals surface area contributed by atoms with E-state index in [2.05, 4.69) is 46.5 Å². The van der Waals surface area contributed by atoms with Crippen LogP contribution < -0.4 is 10.2 Å². The molecule has 59 heavy (non-hydrogen) atoms. The number of hydrogen-bond acceptors (Lipinski definition) is 12. The van der Waals surface area contributed by atoms with E-state index in [0.717, 1.165) is 77.4 Å². The van der Waals surface area contributed by atoms with Gasteiger partial charge in [-0.1, -0.05) is 55.4 Å². The molecule has 3 saturated heterocycles. The molecule has 3 fully saturated rings. The van der Waals surface area contributed by atoms with Crippen LogP contribution in [0.4, 0.5) is 5.82 Å². The SMILES string of the molecule is Cc1ncsc1-c1ccc(CNC(=O)[C@@H]2C[C@@H](O)CN2C(=O)[C@@H](c2cc(N3CCC(N4CC(c5cc6cc(-c7ccccc7O)nnc6[nH]5)C4)CC3)no2)C(C)C)cc1. The second-order valence-corrected chi connectivity index (χ2v) is 17.4. The number of phenolic OH excluding ortho intramolecular Hbond substituents is 1. The predicted octanol–water partition coefficient (Wildman–Crippen LogP) is 5.84. The summed E-state index contributed by atoms with van der Waals surface area (Å²) in [7, 11) is 0. The van der Waals surface area contributed by atoms with Gasteiger partial charge in [0.25, 0.3) is 0 Å². The van der Waals surface area contributed by atoms with Gasteiger partial charge in [-0.05, 0) is 61.1 Å². The summed E-state index contributed by atoms with van der Waals surface area (Å²) in [5.41, 5.74) is 8.05. The number of amides is 2. The van der Waals surface area contributed by atoms with Crippen LogP contribution in [0.25, 0.3) is 32.7 Å². The van der Waals surface area contributed by atoms with E-state index in [1.165, 1.54) is 4.90 Å². The summed E-state index contributed by atoms with van der Waals surface area (Å²) < 4.78 is 5.89. The number of thiazole rings is 1. The van der Waals surface area contributed by atoms with Gasteiger partial charge in [0.05, 0.1) is 27.9 Å². The minimum Gasteiger partial charge on any atom is -0.507 e. The van der Waals surface area contributed by atoms with E-state index in [9.17, 15) is 19.8 Å². The van der Waals surface area contributed by atoms with Gasteiger partial charge < -0.3 is 34.8 Å². The van der Waals surface area contributed by atoms with Crippen LogP contribution in [0.15, 0.2) is 76.8 Å². The Bertz CT molecular complexity index is 2450. The maximum absolute atomic E-state index is 14.2. The Morgan fingerprint density at radius 2 is 1.80 bits per heavy atom. The van der Waals surface area contributed by atoms with E-state index in [4.69, 9.17) is 4.52 Å². The number of piperidine rings is 1. The number of carbonyl (C=O) groups is 2. The van der Waals surface area contributed by atoms with Gasteiger partial charge in [0.2, 0.25) is 11.8 Å². The fourth-order valence-electron chi connectivity index (χ4n) is 8.92. The average molecular weight is 816 g/mol. The molecule has 0 radical (unpaired) electrons. The highest BCUT2D eigenvalue weighted by Crippen LogP contribution is 2.37. The fourth-order valence-corrected chi connectivity index (χ4v) is 9.73. The number of fused-ring (bicyclic) bond motifs is 1. The Kier molecular flexibility index (Phi) is 10.7. The number of carbonyl (C=O) groups excluding carboxylic acids is 2. The zero-order valence-electron chi connectivity index (χ0n) is 33.4. The summed E-state index contributed by atoms with van der Waals surface area (Å²) in [6, 6.07) is 20.9. The second-order valence-electron chi connectivity index (χ2n) is 16.5. The molecule has 2 amide bonds. The molecule has 15 heteroatoms. The first-order valence-electron chi connectivity index (χ1n) is 20.5. The number of aromatic amines is 1. The van der Waals surface area contributed by atoms with Crippen LogP contribution in [-0.4, -0.2) is 108 Å². The van der Waals surface area contributed by atoms with Crippen molar-refractivity contribution in [3.8, 4) is 27.4 Å². The van der Waals surface area contributed by atoms with Gasteiger partial charge in [-0.15, -0.1) is 21.5 Å². The normalized spacial score (nSPS) is 19.7. The summed E-state index contributed by atoms with van der Waals surface area (Å²) in [4.78, 5) is 43.0. The van der Waals surface area contributed by atoms with Gasteiger partial charge in [-0.2, -0.15) is 0 Å². The number of phenols is 1. The molecular weight excluding hydrogens is 767 g/mol. The quantitative estimate of drug-likeness (QED) is 0.124. The number of aromatic hydroxyl groups is 1. The minimum atomic E-state index is -0.793. The number of H-pyrrole nitrogens is 1. The van der Waals surface area contributed by atoms with Crippen molar-refractivity contribution in [3.63, 3.8) is 0 Å². The van der Waals surface area contributed by atoms with Gasteiger partial charge in [-0.3, -0.25) is 14.5 Å². The number of aliphatic hydroxyl groups is 1. The number of benzene rings is 2. The Hall–Kier alpha value is -5.64. The number of nitrogens with zero attached hydrogens (tertiary/aromatic N) is 7. The first-order chi connectivity index (χ1) is 28.6. The molecule has 3 atom stereocenters. The van der Waals surface area contributed by atoms with Gasteiger partial charge in [0.1, 0.15) is 17.7 Å². The predicted molar refractivity (Wildman–Crippen MR) is 225 cm³/mol. The Morgan fingerprint density at radius 3 is 2.53 bits per heavy atom. The number of aromatic nitrogens is 5. The lowest BCUT2D eigenvalue weighted by Crippen LogP contribution is -2.54. The number of β-amino-alcohol motifs (C(OH)–C–C–N with tert-alkyl or cyclic N) is 1. The zero-order chi connectivity index (χ0) is 40.8. The van der Waals surface area contributed by atoms with Crippen LogP contribution in [0, 0.1) is 12.8 Å². The van der Waals surface area contributed by atoms with E-state index >= 15 is 0 Å². The number of rotatable bonds is 11. The van der Waals surface area contributed by atoms with Gasteiger partial charge in [0.15, 0.2) is 17.2 Å². The third-order valence-electron chi connectivity index (χ3n) is 12.3. The van der Waals surface area contributed by atoms with Crippen molar-refractivity contribution in [2.75, 3.05) is 37.6 Å². The summed E-state index contributed by atoms with van der Waals surface area (Å²) in [5.74, 6) is 0.454. The van der Waals surface area contributed by atoms with E-state index in [1.807, 2.05) is 74.8 Å². The Labute approximate surface area is 346 Å². The zero-order valence-corrected chi connectivity index (χ0v) is 34.2. The second kappa shape index (κ2) is 16.2. The minimum absolute atomic E-state index is 0.0872. The lowest BCUT2D eigenvalue weighted by molar-refractivity contribution is -0.141. The maximum Gasteiger partial charge on any atom is 0.243 e. The molecule has 0 saturated carbocycles. The molecule has 6 aromatic rings. The Balaban J connectivity index is 0.783. The number of aryl methyl sites for hydroxylation is 1. The van der Waals surface area contributed by atoms with Crippen molar-refractivity contribution < 1.29 is 24.3 Å². The van der Waals surface area contributed by atoms with Gasteiger partial charge in [-0.25, -0.2) is 4.98 Å². The van der Waals surface area contributed by atoms with Gasteiger partial charge >= 0.3 is 0 Å². The number of hydrogen-bond donors (Lipinski definition) is 4. The van der Waals surface area contributed by atoms with E-state index in [-0.39, 0.29) is 36.4 Å². The van der Waals surface area contributed by atoms with Crippen LogP contribution in [0.3, 0.4) is 0 Å². The molecule has 0 unspecified atom stereocenters. The average Bonchev–Trinajstić information content (AvgIpc) is 4.04. The summed E-state index contributed by atoms with van der Waals surface area (Å²) >= 11 is 1.60. The number of aliphatic hydroxyl groups excluding tert-OH is 1. The van der Waals surface area contributed by atoms with Crippen LogP contribution in [0.2, 0.25) is 0 Å². The number of para-hydroxylation sites is 1. The van der Waals surface area contributed by atoms with Gasteiger partial charge in [0, 0.05) is 80.4 Å². The maximum atomic E-state index is 14.2. The lowest BCUT2D eigenvalue weighted by Gasteiger charge is -2.47. The van der Waals surface area contributed by atoms with Crippen LogP contribution in [0.1, 0.15) is 67.7 Å². The third kappa shape index (κ3) is 7.81. The first-order valence-corrected chi connectivity index (χ1v) is 21.3. The monoisotopic (exact) mass is 815 g/mol. The molecular formula is C44H49N9O5S. The number of likely N-dealkylation sites (tertiary alicyclic amines) is 2. The first kappa shape index (κ1) is 38.9. The van der Waals surface area contributed by atoms with Crippen molar-refractivity contribution in [2.24, 2.45) is 5.92 Å². The van der Waals surface area contributed by atoms with Crippen LogP contribution in [0.5, 0.6) is 5.75 Å². The van der Waals surface area contributed by atoms with Crippen molar-refractivity contribution in [1.82, 2.24) is 40.4 Å². The Morgan fingerprint density at radius 1 is 1.02 bits per heavy atom. The molecule has 4 aromatic heterocycles. The van der Waals surface area contributed by atoms with Crippen LogP contribution in [-0.2, 0) is 16.1 Å². The smallest absolute Gasteiger partial charge is 0.243 e. The van der Waals surface area contributed by atoms with E-state index in [1.54, 1.807) is 23.5 Å². The van der Waals surface area contributed by atoms with E-state index in [0.29, 0.717) is 41.3 Å². The highest BCUT2D eigenvalue weighted by molar-refractivity contribution is 7.13. The largest absolute Gasteiger partial charge is 0.507 e. The number of nitrogens with one attached hydrogen (secondary N) is 2. The highest BCUT2D eigenvalue weighted by atomic mass is 32.1. The van der Waals surface area contributed by atoms with Crippen LogP contribution >= 0.6 is 11.3 Å². The number of anilines is 1. The fraction of sp³-hybridized carbons (Fsp3) is 0.409. The van der Waals surface area contributed by atoms with E-state index < -0.39 is 18.1 Å². The van der Waals surface area contributed by atoms with Crippen molar-refractivity contribution >= 4 is 40.0 Å². The molecule has 4 N–H and O–H groups in total. The summed E-state index contributed by atoms with van der Waals surface area (Å²) in [6.45, 7) is 9.90. The lowest BCUT2D eigenvalue weighted by atomic mass is 9.90. The molecule has 2 aromatic carbocycles. The van der Waals surface area contributed by atoms with Crippen molar-refractivity contribution in [3.05, 3.63) is 95.0 Å². The molecule has 3 aliphatic heterocycles.